The molecule has 29 heavy (non-hydrogen) atoms. The molecule has 0 aromatic heterocycles. The molecule has 3 rings (SSSR count). The molecule has 0 aromatic carbocycles. The lowest BCUT2D eigenvalue weighted by Crippen LogP contribution is -2.55. The summed E-state index contributed by atoms with van der Waals surface area (Å²) >= 11 is 0. The average Bonchev–Trinajstić information content (AvgIpc) is 2.75. The Morgan fingerprint density at radius 2 is 1.45 bits per heavy atom. The van der Waals surface area contributed by atoms with Crippen LogP contribution in [0.5, 0.6) is 0 Å². The highest BCUT2D eigenvalue weighted by molar-refractivity contribution is 5.77. The van der Waals surface area contributed by atoms with E-state index in [0.717, 1.165) is 5.92 Å². The Morgan fingerprint density at radius 1 is 0.862 bits per heavy atom. The van der Waals surface area contributed by atoms with Crippen LogP contribution in [0.25, 0.3) is 0 Å². The summed E-state index contributed by atoms with van der Waals surface area (Å²) < 4.78 is 0. The number of carbonyl (C=O) groups is 1. The topological polar surface area (TPSA) is 41.1 Å². The van der Waals surface area contributed by atoms with Crippen LogP contribution in [0.4, 0.5) is 0 Å². The highest BCUT2D eigenvalue weighted by Crippen LogP contribution is 2.36. The van der Waals surface area contributed by atoms with Crippen molar-refractivity contribution >= 4 is 5.91 Å². The van der Waals surface area contributed by atoms with E-state index in [1.54, 1.807) is 0 Å². The van der Waals surface area contributed by atoms with Gasteiger partial charge in [-0.2, -0.15) is 0 Å². The summed E-state index contributed by atoms with van der Waals surface area (Å²) in [5.74, 6) is 1.15. The van der Waals surface area contributed by atoms with Gasteiger partial charge in [-0.3, -0.25) is 4.79 Å². The van der Waals surface area contributed by atoms with Crippen LogP contribution in [0.1, 0.15) is 130 Å². The maximum atomic E-state index is 12.8. The lowest BCUT2D eigenvalue weighted by molar-refractivity contribution is -0.122. The first-order valence-electron chi connectivity index (χ1n) is 12.9. The largest absolute Gasteiger partial charge is 0.353 e. The third-order valence-electron chi connectivity index (χ3n) is 7.82. The first kappa shape index (κ1) is 23.1. The maximum Gasteiger partial charge on any atom is 0.221 e. The predicted molar refractivity (Wildman–Crippen MR) is 123 cm³/mol. The summed E-state index contributed by atoms with van der Waals surface area (Å²) in [6.07, 6.45) is 21.7. The Morgan fingerprint density at radius 3 is 2.07 bits per heavy atom. The van der Waals surface area contributed by atoms with E-state index in [0.29, 0.717) is 35.4 Å². The Kier molecular flexibility index (Phi) is 8.48. The predicted octanol–water partition coefficient (Wildman–Crippen LogP) is 6.50. The summed E-state index contributed by atoms with van der Waals surface area (Å²) in [6, 6.07) is 0.808. The number of rotatable bonds is 4. The molecular formula is C26H48N2O. The molecule has 1 aliphatic heterocycles. The molecule has 0 radical (unpaired) electrons. The summed E-state index contributed by atoms with van der Waals surface area (Å²) in [5.41, 5.74) is 0.762. The Hall–Kier alpha value is -0.570. The average molecular weight is 405 g/mol. The van der Waals surface area contributed by atoms with Gasteiger partial charge in [0, 0.05) is 24.0 Å². The summed E-state index contributed by atoms with van der Waals surface area (Å²) in [7, 11) is 0. The van der Waals surface area contributed by atoms with Gasteiger partial charge >= 0.3 is 0 Å². The minimum Gasteiger partial charge on any atom is -0.353 e. The lowest BCUT2D eigenvalue weighted by atomic mass is 9.76. The van der Waals surface area contributed by atoms with Gasteiger partial charge in [0.05, 0.1) is 0 Å². The fraction of sp³-hybridized carbons (Fsp3) is 0.962. The summed E-state index contributed by atoms with van der Waals surface area (Å²) in [6.45, 7) is 7.05. The molecule has 1 heterocycles. The van der Waals surface area contributed by atoms with E-state index in [4.69, 9.17) is 0 Å². The van der Waals surface area contributed by atoms with E-state index in [2.05, 4.69) is 31.4 Å². The fourth-order valence-electron chi connectivity index (χ4n) is 6.46. The molecule has 1 amide bonds. The third kappa shape index (κ3) is 7.89. The van der Waals surface area contributed by atoms with E-state index >= 15 is 0 Å². The zero-order chi connectivity index (χ0) is 20.7. The van der Waals surface area contributed by atoms with Gasteiger partial charge in [-0.15, -0.1) is 0 Å². The second-order valence-corrected chi connectivity index (χ2v) is 11.9. The van der Waals surface area contributed by atoms with E-state index < -0.39 is 0 Å². The molecule has 3 aliphatic rings. The van der Waals surface area contributed by atoms with Gasteiger partial charge in [-0.25, -0.2) is 0 Å². The van der Waals surface area contributed by atoms with E-state index in [1.807, 2.05) is 0 Å². The van der Waals surface area contributed by atoms with Crippen LogP contribution in [0.15, 0.2) is 0 Å². The standard InChI is InChI=1S/C26H48N2O/c1-25(2,3)20-21-12-14-22(15-13-21)27-24(29)19-23-11-10-18-26(28-23)16-8-6-4-5-7-9-17-26/h21-23,28H,4-20H2,1-3H3,(H,27,29)/t21-,22-,23?. The van der Waals surface area contributed by atoms with Gasteiger partial charge < -0.3 is 10.6 Å². The van der Waals surface area contributed by atoms with Crippen molar-refractivity contribution in [3.8, 4) is 0 Å². The second-order valence-electron chi connectivity index (χ2n) is 11.9. The summed E-state index contributed by atoms with van der Waals surface area (Å²) in [5, 5.41) is 7.40. The molecule has 2 N–H and O–H groups in total. The molecule has 0 bridgehead atoms. The molecule has 3 fully saturated rings. The van der Waals surface area contributed by atoms with Gasteiger partial charge in [0.25, 0.3) is 0 Å². The molecule has 2 aliphatic carbocycles. The van der Waals surface area contributed by atoms with Crippen molar-refractivity contribution in [3.05, 3.63) is 0 Å². The van der Waals surface area contributed by atoms with Crippen LogP contribution in [-0.4, -0.2) is 23.5 Å². The van der Waals surface area contributed by atoms with Crippen molar-refractivity contribution in [1.29, 1.82) is 0 Å². The number of piperidine rings is 1. The maximum absolute atomic E-state index is 12.8. The number of nitrogens with one attached hydrogen (secondary N) is 2. The van der Waals surface area contributed by atoms with Crippen molar-refractivity contribution < 1.29 is 4.79 Å². The van der Waals surface area contributed by atoms with Crippen LogP contribution in [0, 0.1) is 11.3 Å². The van der Waals surface area contributed by atoms with Gasteiger partial charge in [-0.05, 0) is 69.1 Å². The van der Waals surface area contributed by atoms with Crippen molar-refractivity contribution in [2.75, 3.05) is 0 Å². The van der Waals surface area contributed by atoms with Crippen molar-refractivity contribution in [2.24, 2.45) is 11.3 Å². The molecule has 2 saturated carbocycles. The van der Waals surface area contributed by atoms with Crippen LogP contribution in [0.2, 0.25) is 0 Å². The first-order chi connectivity index (χ1) is 13.8. The van der Waals surface area contributed by atoms with E-state index in [1.165, 1.54) is 103 Å². The van der Waals surface area contributed by atoms with E-state index in [-0.39, 0.29) is 0 Å². The van der Waals surface area contributed by atoms with Crippen molar-refractivity contribution in [3.63, 3.8) is 0 Å². The molecule has 0 aromatic rings. The zero-order valence-electron chi connectivity index (χ0n) is 19.7. The molecule has 1 atom stereocenters. The molecular weight excluding hydrogens is 356 g/mol. The Labute approximate surface area is 180 Å². The quantitative estimate of drug-likeness (QED) is 0.561. The van der Waals surface area contributed by atoms with E-state index in [9.17, 15) is 4.79 Å². The Balaban J connectivity index is 1.42. The highest BCUT2D eigenvalue weighted by atomic mass is 16.1. The van der Waals surface area contributed by atoms with Crippen LogP contribution < -0.4 is 10.6 Å². The number of amides is 1. The molecule has 3 nitrogen and oxygen atoms in total. The normalized spacial score (nSPS) is 31.5. The molecule has 1 unspecified atom stereocenters. The van der Waals surface area contributed by atoms with Crippen LogP contribution in [-0.2, 0) is 4.79 Å². The fourth-order valence-corrected chi connectivity index (χ4v) is 6.46. The first-order valence-corrected chi connectivity index (χ1v) is 12.9. The molecule has 168 valence electrons. The number of hydrogen-bond acceptors (Lipinski definition) is 2. The van der Waals surface area contributed by atoms with Gasteiger partial charge in [-0.1, -0.05) is 65.7 Å². The monoisotopic (exact) mass is 404 g/mol. The minimum absolute atomic E-state index is 0.293. The Bertz CT molecular complexity index is 491. The molecule has 3 heteroatoms. The SMILES string of the molecule is CC(C)(C)C[C@H]1CC[C@H](NC(=O)CC2CCCC3(CCCCCCCC3)N2)CC1. The molecule has 1 saturated heterocycles. The van der Waals surface area contributed by atoms with Gasteiger partial charge in [0.1, 0.15) is 0 Å². The molecule has 1 spiro atoms. The third-order valence-corrected chi connectivity index (χ3v) is 7.82. The van der Waals surface area contributed by atoms with Crippen LogP contribution in [0.3, 0.4) is 0 Å². The van der Waals surface area contributed by atoms with Crippen molar-refractivity contribution in [1.82, 2.24) is 10.6 Å². The lowest BCUT2D eigenvalue weighted by Gasteiger charge is -2.43. The number of hydrogen-bond donors (Lipinski definition) is 2. The van der Waals surface area contributed by atoms with Gasteiger partial charge in [0.15, 0.2) is 0 Å². The highest BCUT2D eigenvalue weighted by Gasteiger charge is 2.36. The second kappa shape index (κ2) is 10.6. The smallest absolute Gasteiger partial charge is 0.221 e. The van der Waals surface area contributed by atoms with Gasteiger partial charge in [0.2, 0.25) is 5.91 Å². The van der Waals surface area contributed by atoms with Crippen LogP contribution >= 0.6 is 0 Å². The zero-order valence-corrected chi connectivity index (χ0v) is 19.7. The minimum atomic E-state index is 0.293. The number of carbonyl (C=O) groups excluding carboxylic acids is 1. The summed E-state index contributed by atoms with van der Waals surface area (Å²) in [4.78, 5) is 12.8. The van der Waals surface area contributed by atoms with Crippen molar-refractivity contribution in [2.45, 2.75) is 148 Å².